The molecule has 0 radical (unpaired) electrons. The Kier molecular flexibility index (Phi) is 7.30. The van der Waals surface area contributed by atoms with Crippen molar-refractivity contribution in [2.75, 3.05) is 25.4 Å². The molecule has 0 heterocycles. The number of rotatable bonds is 8. The maximum absolute atomic E-state index is 11.8. The van der Waals surface area contributed by atoms with Crippen LogP contribution >= 0.6 is 0 Å². The van der Waals surface area contributed by atoms with Crippen LogP contribution in [-0.4, -0.2) is 44.3 Å². The summed E-state index contributed by atoms with van der Waals surface area (Å²) in [5.41, 5.74) is 0. The van der Waals surface area contributed by atoms with E-state index < -0.39 is 10.0 Å². The van der Waals surface area contributed by atoms with Crippen molar-refractivity contribution in [3.8, 4) is 6.07 Å². The van der Waals surface area contributed by atoms with Gasteiger partial charge >= 0.3 is 0 Å². The molecule has 0 aromatic rings. The van der Waals surface area contributed by atoms with Gasteiger partial charge in [0.25, 0.3) is 0 Å². The Bertz CT molecular complexity index is 319. The van der Waals surface area contributed by atoms with Gasteiger partial charge in [0.05, 0.1) is 24.5 Å². The minimum Gasteiger partial charge on any atom is -0.378 e. The third-order valence-electron chi connectivity index (χ3n) is 2.01. The standard InChI is InChI=1S/C10H20N2O3S/c1-4-12(7-5-6-11)16(13,14)9-8-15-10(2)3/h10H,4-5,7-9H2,1-3H3. The minimum atomic E-state index is -3.28. The van der Waals surface area contributed by atoms with Crippen molar-refractivity contribution < 1.29 is 13.2 Å². The second kappa shape index (κ2) is 7.60. The Morgan fingerprint density at radius 2 is 2.06 bits per heavy atom. The molecule has 16 heavy (non-hydrogen) atoms. The molecule has 0 saturated heterocycles. The quantitative estimate of drug-likeness (QED) is 0.642. The maximum atomic E-state index is 11.8. The average Bonchev–Trinajstić information content (AvgIpc) is 2.17. The van der Waals surface area contributed by atoms with Gasteiger partial charge < -0.3 is 4.74 Å². The summed E-state index contributed by atoms with van der Waals surface area (Å²) in [6, 6.07) is 1.94. The fraction of sp³-hybridized carbons (Fsp3) is 0.900. The predicted octanol–water partition coefficient (Wildman–Crippen LogP) is 0.977. The normalized spacial score (nSPS) is 12.0. The van der Waals surface area contributed by atoms with Crippen molar-refractivity contribution in [1.29, 1.82) is 5.26 Å². The highest BCUT2D eigenvalue weighted by Gasteiger charge is 2.19. The van der Waals surface area contributed by atoms with Crippen LogP contribution in [0.4, 0.5) is 0 Å². The van der Waals surface area contributed by atoms with Crippen LogP contribution in [0.15, 0.2) is 0 Å². The van der Waals surface area contributed by atoms with Gasteiger partial charge in [-0.15, -0.1) is 0 Å². The SMILES string of the molecule is CCN(CCC#N)S(=O)(=O)CCOC(C)C. The van der Waals surface area contributed by atoms with Gasteiger partial charge in [-0.1, -0.05) is 6.92 Å². The number of sulfonamides is 1. The molecular weight excluding hydrogens is 228 g/mol. The number of nitriles is 1. The van der Waals surface area contributed by atoms with Crippen molar-refractivity contribution in [3.05, 3.63) is 0 Å². The third-order valence-corrected chi connectivity index (χ3v) is 3.92. The van der Waals surface area contributed by atoms with Crippen molar-refractivity contribution in [2.45, 2.75) is 33.3 Å². The van der Waals surface area contributed by atoms with Gasteiger partial charge in [0.2, 0.25) is 10.0 Å². The summed E-state index contributed by atoms with van der Waals surface area (Å²) in [5.74, 6) is -0.0234. The second-order valence-corrected chi connectivity index (χ2v) is 5.72. The lowest BCUT2D eigenvalue weighted by molar-refractivity contribution is 0.0907. The molecule has 0 saturated carbocycles. The van der Waals surface area contributed by atoms with Crippen molar-refractivity contribution in [3.63, 3.8) is 0 Å². The molecule has 0 atom stereocenters. The van der Waals surface area contributed by atoms with Gasteiger partial charge in [-0.3, -0.25) is 0 Å². The highest BCUT2D eigenvalue weighted by molar-refractivity contribution is 7.89. The molecule has 94 valence electrons. The molecule has 0 aliphatic rings. The molecule has 0 bridgehead atoms. The molecular formula is C10H20N2O3S. The third kappa shape index (κ3) is 6.05. The van der Waals surface area contributed by atoms with E-state index in [4.69, 9.17) is 10.00 Å². The molecule has 0 aromatic heterocycles. The molecule has 0 rings (SSSR count). The maximum Gasteiger partial charge on any atom is 0.216 e. The van der Waals surface area contributed by atoms with Crippen LogP contribution in [0.1, 0.15) is 27.2 Å². The van der Waals surface area contributed by atoms with Gasteiger partial charge in [0.15, 0.2) is 0 Å². The Morgan fingerprint density at radius 1 is 1.44 bits per heavy atom. The van der Waals surface area contributed by atoms with E-state index in [0.717, 1.165) is 0 Å². The predicted molar refractivity (Wildman–Crippen MR) is 62.4 cm³/mol. The smallest absolute Gasteiger partial charge is 0.216 e. The van der Waals surface area contributed by atoms with Crippen LogP contribution in [0, 0.1) is 11.3 Å². The molecule has 0 spiro atoms. The molecule has 0 unspecified atom stereocenters. The fourth-order valence-electron chi connectivity index (χ4n) is 1.19. The van der Waals surface area contributed by atoms with E-state index in [1.54, 1.807) is 6.92 Å². The summed E-state index contributed by atoms with van der Waals surface area (Å²) >= 11 is 0. The summed E-state index contributed by atoms with van der Waals surface area (Å²) in [4.78, 5) is 0. The van der Waals surface area contributed by atoms with Crippen molar-refractivity contribution >= 4 is 10.0 Å². The highest BCUT2D eigenvalue weighted by Crippen LogP contribution is 2.03. The van der Waals surface area contributed by atoms with Crippen molar-refractivity contribution in [1.82, 2.24) is 4.31 Å². The summed E-state index contributed by atoms with van der Waals surface area (Å²) in [7, 11) is -3.28. The summed E-state index contributed by atoms with van der Waals surface area (Å²) < 4.78 is 30.1. The lowest BCUT2D eigenvalue weighted by atomic mass is 10.5. The molecule has 0 fully saturated rings. The zero-order valence-electron chi connectivity index (χ0n) is 10.1. The lowest BCUT2D eigenvalue weighted by Crippen LogP contribution is -2.35. The lowest BCUT2D eigenvalue weighted by Gasteiger charge is -2.19. The Morgan fingerprint density at radius 3 is 2.50 bits per heavy atom. The van der Waals surface area contributed by atoms with Gasteiger partial charge in [-0.25, -0.2) is 12.7 Å². The van der Waals surface area contributed by atoms with Crippen LogP contribution in [-0.2, 0) is 14.8 Å². The van der Waals surface area contributed by atoms with Crippen LogP contribution < -0.4 is 0 Å². The first kappa shape index (κ1) is 15.4. The number of ether oxygens (including phenoxy) is 1. The number of nitrogens with zero attached hydrogens (tertiary/aromatic N) is 2. The van der Waals surface area contributed by atoms with Crippen molar-refractivity contribution in [2.24, 2.45) is 0 Å². The molecule has 0 N–H and O–H groups in total. The van der Waals surface area contributed by atoms with Crippen LogP contribution in [0.2, 0.25) is 0 Å². The van der Waals surface area contributed by atoms with E-state index in [-0.39, 0.29) is 31.4 Å². The van der Waals surface area contributed by atoms with E-state index in [1.165, 1.54) is 4.31 Å². The molecule has 0 amide bonds. The summed E-state index contributed by atoms with van der Waals surface area (Å²) in [6.45, 7) is 6.34. The van der Waals surface area contributed by atoms with Crippen LogP contribution in [0.25, 0.3) is 0 Å². The zero-order valence-corrected chi connectivity index (χ0v) is 11.0. The molecule has 0 aromatic carbocycles. The summed E-state index contributed by atoms with van der Waals surface area (Å²) in [5, 5.41) is 8.43. The van der Waals surface area contributed by atoms with Crippen LogP contribution in [0.5, 0.6) is 0 Å². The van der Waals surface area contributed by atoms with Gasteiger partial charge in [0.1, 0.15) is 0 Å². The summed E-state index contributed by atoms with van der Waals surface area (Å²) in [6.07, 6.45) is 0.252. The number of hydrogen-bond acceptors (Lipinski definition) is 4. The first-order valence-electron chi connectivity index (χ1n) is 5.40. The molecule has 6 heteroatoms. The van der Waals surface area contributed by atoms with E-state index in [2.05, 4.69) is 0 Å². The zero-order chi connectivity index (χ0) is 12.6. The monoisotopic (exact) mass is 248 g/mol. The fourth-order valence-corrected chi connectivity index (χ4v) is 2.51. The minimum absolute atomic E-state index is 0.0234. The van der Waals surface area contributed by atoms with Gasteiger partial charge in [0, 0.05) is 19.5 Å². The molecule has 0 aliphatic carbocycles. The first-order valence-corrected chi connectivity index (χ1v) is 7.01. The Hall–Kier alpha value is -0.640. The Labute approximate surface area is 98.1 Å². The topological polar surface area (TPSA) is 70.4 Å². The van der Waals surface area contributed by atoms with E-state index in [9.17, 15) is 8.42 Å². The highest BCUT2D eigenvalue weighted by atomic mass is 32.2. The number of hydrogen-bond donors (Lipinski definition) is 0. The second-order valence-electron chi connectivity index (χ2n) is 3.64. The average molecular weight is 248 g/mol. The first-order chi connectivity index (χ1) is 7.44. The van der Waals surface area contributed by atoms with E-state index >= 15 is 0 Å². The largest absolute Gasteiger partial charge is 0.378 e. The molecule has 0 aliphatic heterocycles. The van der Waals surface area contributed by atoms with E-state index in [0.29, 0.717) is 6.54 Å². The van der Waals surface area contributed by atoms with Gasteiger partial charge in [-0.05, 0) is 13.8 Å². The Balaban J connectivity index is 4.22. The van der Waals surface area contributed by atoms with E-state index in [1.807, 2.05) is 19.9 Å². The molecule has 5 nitrogen and oxygen atoms in total. The van der Waals surface area contributed by atoms with Gasteiger partial charge in [-0.2, -0.15) is 5.26 Å². The van der Waals surface area contributed by atoms with Crippen LogP contribution in [0.3, 0.4) is 0 Å².